The molecular formula is C19H25FN2O2S. The van der Waals surface area contributed by atoms with Gasteiger partial charge in [-0.15, -0.1) is 11.8 Å². The fourth-order valence-electron chi connectivity index (χ4n) is 3.36. The molecule has 136 valence electrons. The normalized spacial score (nSPS) is 20.9. The highest BCUT2D eigenvalue weighted by molar-refractivity contribution is 8.00. The Morgan fingerprint density at radius 2 is 2.08 bits per heavy atom. The van der Waals surface area contributed by atoms with Crippen molar-refractivity contribution in [2.45, 2.75) is 44.5 Å². The molecule has 2 amide bonds. The number of hydrogen-bond donors (Lipinski definition) is 0. The smallest absolute Gasteiger partial charge is 0.233 e. The van der Waals surface area contributed by atoms with Crippen molar-refractivity contribution < 1.29 is 14.0 Å². The third-order valence-corrected chi connectivity index (χ3v) is 6.32. The van der Waals surface area contributed by atoms with Crippen LogP contribution in [0, 0.1) is 11.7 Å². The number of halogens is 1. The summed E-state index contributed by atoms with van der Waals surface area (Å²) in [4.78, 5) is 28.5. The molecule has 1 aliphatic heterocycles. The first kappa shape index (κ1) is 18.2. The van der Waals surface area contributed by atoms with Crippen LogP contribution in [0.2, 0.25) is 0 Å². The number of nitrogens with zero attached hydrogens (tertiary/aromatic N) is 2. The van der Waals surface area contributed by atoms with E-state index in [-0.39, 0.29) is 35.0 Å². The Bertz CT molecular complexity index is 648. The van der Waals surface area contributed by atoms with Gasteiger partial charge in [0.15, 0.2) is 0 Å². The lowest BCUT2D eigenvalue weighted by molar-refractivity contribution is -0.141. The summed E-state index contributed by atoms with van der Waals surface area (Å²) in [7, 11) is 0. The quantitative estimate of drug-likeness (QED) is 0.776. The number of rotatable bonds is 6. The van der Waals surface area contributed by atoms with Crippen LogP contribution in [0.25, 0.3) is 0 Å². The van der Waals surface area contributed by atoms with Crippen molar-refractivity contribution in [3.05, 3.63) is 35.6 Å². The molecule has 1 saturated carbocycles. The summed E-state index contributed by atoms with van der Waals surface area (Å²) in [6, 6.07) is 6.71. The van der Waals surface area contributed by atoms with Gasteiger partial charge in [-0.25, -0.2) is 4.39 Å². The van der Waals surface area contributed by atoms with Crippen LogP contribution in [-0.2, 0) is 9.59 Å². The van der Waals surface area contributed by atoms with E-state index in [9.17, 15) is 14.0 Å². The lowest BCUT2D eigenvalue weighted by Gasteiger charge is -2.36. The highest BCUT2D eigenvalue weighted by Crippen LogP contribution is 2.39. The molecule has 3 rings (SSSR count). The summed E-state index contributed by atoms with van der Waals surface area (Å²) in [5, 5.41) is -0.304. The summed E-state index contributed by atoms with van der Waals surface area (Å²) in [5.41, 5.74) is 0.541. The molecule has 1 aliphatic carbocycles. The summed E-state index contributed by atoms with van der Waals surface area (Å²) in [5.74, 6) is 0.428. The minimum atomic E-state index is -0.304. The van der Waals surface area contributed by atoms with E-state index in [4.69, 9.17) is 0 Å². The lowest BCUT2D eigenvalue weighted by Crippen LogP contribution is -2.47. The maximum Gasteiger partial charge on any atom is 0.233 e. The number of hydrogen-bond acceptors (Lipinski definition) is 3. The van der Waals surface area contributed by atoms with Gasteiger partial charge >= 0.3 is 0 Å². The van der Waals surface area contributed by atoms with Crippen LogP contribution in [0.1, 0.15) is 44.0 Å². The monoisotopic (exact) mass is 364 g/mol. The SMILES string of the molecule is CC(C)N(CCN1C(=O)CSC1c1ccccc1F)C(=O)C1CCC1. The fraction of sp³-hybridized carbons (Fsp3) is 0.579. The maximum atomic E-state index is 14.1. The van der Waals surface area contributed by atoms with Gasteiger partial charge in [-0.3, -0.25) is 9.59 Å². The van der Waals surface area contributed by atoms with E-state index in [1.54, 1.807) is 23.1 Å². The Labute approximate surface area is 152 Å². The zero-order valence-electron chi connectivity index (χ0n) is 14.8. The average Bonchev–Trinajstić information content (AvgIpc) is 2.87. The standard InChI is InChI=1S/C19H25FN2O2S/c1-13(2)21(18(24)14-6-5-7-14)10-11-22-17(23)12-25-19(22)15-8-3-4-9-16(15)20/h3-4,8-9,13-14,19H,5-7,10-12H2,1-2H3. The summed E-state index contributed by atoms with van der Waals surface area (Å²) >= 11 is 1.45. The number of carbonyl (C=O) groups is 2. The summed E-state index contributed by atoms with van der Waals surface area (Å²) < 4.78 is 14.1. The number of amides is 2. The largest absolute Gasteiger partial charge is 0.338 e. The second-order valence-electron chi connectivity index (χ2n) is 7.03. The number of thioether (sulfide) groups is 1. The van der Waals surface area contributed by atoms with Crippen LogP contribution < -0.4 is 0 Å². The first-order valence-electron chi connectivity index (χ1n) is 8.95. The molecule has 2 fully saturated rings. The maximum absolute atomic E-state index is 14.1. The molecule has 0 bridgehead atoms. The predicted octanol–water partition coefficient (Wildman–Crippen LogP) is 3.44. The second-order valence-corrected chi connectivity index (χ2v) is 8.09. The van der Waals surface area contributed by atoms with E-state index in [0.29, 0.717) is 24.4 Å². The fourth-order valence-corrected chi connectivity index (χ4v) is 4.60. The van der Waals surface area contributed by atoms with E-state index >= 15 is 0 Å². The second kappa shape index (κ2) is 7.77. The van der Waals surface area contributed by atoms with Crippen LogP contribution in [0.3, 0.4) is 0 Å². The molecule has 0 radical (unpaired) electrons. The number of benzene rings is 1. The van der Waals surface area contributed by atoms with Gasteiger partial charge in [0, 0.05) is 30.6 Å². The van der Waals surface area contributed by atoms with Crippen LogP contribution in [0.15, 0.2) is 24.3 Å². The molecule has 25 heavy (non-hydrogen) atoms. The number of carbonyl (C=O) groups excluding carboxylic acids is 2. The Morgan fingerprint density at radius 1 is 1.36 bits per heavy atom. The van der Waals surface area contributed by atoms with E-state index in [1.165, 1.54) is 17.8 Å². The van der Waals surface area contributed by atoms with Crippen molar-refractivity contribution >= 4 is 23.6 Å². The Hall–Kier alpha value is -1.56. The molecule has 1 aromatic rings. The third kappa shape index (κ3) is 3.84. The van der Waals surface area contributed by atoms with E-state index in [0.717, 1.165) is 19.3 Å². The average molecular weight is 364 g/mol. The summed E-state index contributed by atoms with van der Waals surface area (Å²) in [6.07, 6.45) is 3.07. The van der Waals surface area contributed by atoms with Gasteiger partial charge in [0.1, 0.15) is 11.2 Å². The van der Waals surface area contributed by atoms with Crippen molar-refractivity contribution in [2.75, 3.05) is 18.8 Å². The van der Waals surface area contributed by atoms with Gasteiger partial charge in [-0.05, 0) is 32.8 Å². The van der Waals surface area contributed by atoms with Gasteiger partial charge in [0.2, 0.25) is 11.8 Å². The molecule has 0 N–H and O–H groups in total. The molecular weight excluding hydrogens is 339 g/mol. The van der Waals surface area contributed by atoms with Crippen LogP contribution in [0.5, 0.6) is 0 Å². The molecule has 1 atom stereocenters. The minimum Gasteiger partial charge on any atom is -0.338 e. The van der Waals surface area contributed by atoms with Gasteiger partial charge in [0.05, 0.1) is 5.75 Å². The van der Waals surface area contributed by atoms with Crippen LogP contribution in [0.4, 0.5) is 4.39 Å². The van der Waals surface area contributed by atoms with Gasteiger partial charge in [-0.1, -0.05) is 24.6 Å². The van der Waals surface area contributed by atoms with Gasteiger partial charge in [0.25, 0.3) is 0 Å². The predicted molar refractivity (Wildman–Crippen MR) is 97.5 cm³/mol. The van der Waals surface area contributed by atoms with E-state index in [2.05, 4.69) is 0 Å². The molecule has 1 unspecified atom stereocenters. The van der Waals surface area contributed by atoms with Gasteiger partial charge in [-0.2, -0.15) is 0 Å². The molecule has 1 heterocycles. The van der Waals surface area contributed by atoms with E-state index < -0.39 is 0 Å². The molecule has 6 heteroatoms. The van der Waals surface area contributed by atoms with Crippen molar-refractivity contribution in [2.24, 2.45) is 5.92 Å². The Kier molecular flexibility index (Phi) is 5.67. The summed E-state index contributed by atoms with van der Waals surface area (Å²) in [6.45, 7) is 4.96. The molecule has 1 saturated heterocycles. The Morgan fingerprint density at radius 3 is 2.68 bits per heavy atom. The van der Waals surface area contributed by atoms with Crippen LogP contribution in [-0.4, -0.2) is 46.5 Å². The van der Waals surface area contributed by atoms with Crippen molar-refractivity contribution in [1.82, 2.24) is 9.80 Å². The first-order chi connectivity index (χ1) is 12.0. The van der Waals surface area contributed by atoms with Crippen molar-refractivity contribution in [3.8, 4) is 0 Å². The van der Waals surface area contributed by atoms with Gasteiger partial charge < -0.3 is 9.80 Å². The van der Waals surface area contributed by atoms with E-state index in [1.807, 2.05) is 18.7 Å². The molecule has 2 aliphatic rings. The third-order valence-electron chi connectivity index (χ3n) is 5.08. The minimum absolute atomic E-state index is 0.0121. The zero-order valence-corrected chi connectivity index (χ0v) is 15.6. The van der Waals surface area contributed by atoms with Crippen molar-refractivity contribution in [1.29, 1.82) is 0 Å². The molecule has 1 aromatic carbocycles. The molecule has 0 aromatic heterocycles. The first-order valence-corrected chi connectivity index (χ1v) is 10.00. The van der Waals surface area contributed by atoms with Crippen LogP contribution >= 0.6 is 11.8 Å². The zero-order chi connectivity index (χ0) is 18.0. The van der Waals surface area contributed by atoms with Crippen molar-refractivity contribution in [3.63, 3.8) is 0 Å². The lowest BCUT2D eigenvalue weighted by atomic mass is 9.84. The highest BCUT2D eigenvalue weighted by Gasteiger charge is 2.36. The Balaban J connectivity index is 1.69. The molecule has 4 nitrogen and oxygen atoms in total. The highest BCUT2D eigenvalue weighted by atomic mass is 32.2. The topological polar surface area (TPSA) is 40.6 Å². The molecule has 0 spiro atoms.